The van der Waals surface area contributed by atoms with Crippen LogP contribution in [0, 0.1) is 20.8 Å². The van der Waals surface area contributed by atoms with E-state index in [1.807, 2.05) is 56.5 Å². The van der Waals surface area contributed by atoms with E-state index in [0.29, 0.717) is 16.3 Å². The summed E-state index contributed by atoms with van der Waals surface area (Å²) in [6, 6.07) is 13.6. The van der Waals surface area contributed by atoms with Crippen molar-refractivity contribution in [2.24, 2.45) is 0 Å². The van der Waals surface area contributed by atoms with E-state index < -0.39 is 0 Å². The first kappa shape index (κ1) is 20.1. The number of nitrogens with one attached hydrogen (secondary N) is 1. The van der Waals surface area contributed by atoms with Crippen molar-refractivity contribution < 1.29 is 4.79 Å². The highest BCUT2D eigenvalue weighted by Gasteiger charge is 2.17. The third-order valence-electron chi connectivity index (χ3n) is 4.78. The maximum atomic E-state index is 13.3. The summed E-state index contributed by atoms with van der Waals surface area (Å²) in [6.45, 7) is 5.99. The first-order chi connectivity index (χ1) is 13.8. The second-order valence-electron chi connectivity index (χ2n) is 7.05. The number of nitrogens with zero attached hydrogens (tertiary/aromatic N) is 1. The number of anilines is 1. The lowest BCUT2D eigenvalue weighted by Crippen LogP contribution is -2.14. The number of hydrogen-bond acceptors (Lipinski definition) is 3. The number of thiophene rings is 1. The summed E-state index contributed by atoms with van der Waals surface area (Å²) < 4.78 is 0.801. The third kappa shape index (κ3) is 3.95. The molecule has 2 aromatic heterocycles. The molecule has 0 bridgehead atoms. The second kappa shape index (κ2) is 7.90. The lowest BCUT2D eigenvalue weighted by molar-refractivity contribution is 0.102. The molecule has 0 saturated carbocycles. The van der Waals surface area contributed by atoms with Gasteiger partial charge in [0, 0.05) is 15.5 Å². The van der Waals surface area contributed by atoms with Crippen molar-refractivity contribution in [3.05, 3.63) is 79.6 Å². The highest BCUT2D eigenvalue weighted by molar-refractivity contribution is 9.10. The average molecular weight is 486 g/mol. The maximum absolute atomic E-state index is 13.3. The summed E-state index contributed by atoms with van der Waals surface area (Å²) in [5.74, 6) is -0.179. The van der Waals surface area contributed by atoms with Gasteiger partial charge in [0.1, 0.15) is 0 Å². The smallest absolute Gasteiger partial charge is 0.256 e. The maximum Gasteiger partial charge on any atom is 0.256 e. The van der Waals surface area contributed by atoms with Crippen LogP contribution in [0.25, 0.3) is 21.5 Å². The lowest BCUT2D eigenvalue weighted by atomic mass is 10.0. The van der Waals surface area contributed by atoms with Crippen molar-refractivity contribution in [2.45, 2.75) is 20.8 Å². The summed E-state index contributed by atoms with van der Waals surface area (Å²) in [5, 5.41) is 6.44. The van der Waals surface area contributed by atoms with Crippen LogP contribution in [0.1, 0.15) is 27.0 Å². The summed E-state index contributed by atoms with van der Waals surface area (Å²) in [6.07, 6.45) is 0. The van der Waals surface area contributed by atoms with Gasteiger partial charge in [-0.3, -0.25) is 4.79 Å². The zero-order valence-electron chi connectivity index (χ0n) is 16.1. The van der Waals surface area contributed by atoms with Gasteiger partial charge in [-0.25, -0.2) is 4.98 Å². The molecule has 2 heterocycles. The highest BCUT2D eigenvalue weighted by atomic mass is 79.9. The topological polar surface area (TPSA) is 42.0 Å². The molecule has 1 amide bonds. The van der Waals surface area contributed by atoms with Crippen LogP contribution in [0.2, 0.25) is 5.02 Å². The molecule has 6 heteroatoms. The van der Waals surface area contributed by atoms with Crippen molar-refractivity contribution in [1.29, 1.82) is 0 Å². The van der Waals surface area contributed by atoms with Crippen LogP contribution in [-0.2, 0) is 0 Å². The van der Waals surface area contributed by atoms with Gasteiger partial charge in [-0.15, -0.1) is 11.3 Å². The average Bonchev–Trinajstić information content (AvgIpc) is 3.20. The van der Waals surface area contributed by atoms with Gasteiger partial charge in [0.15, 0.2) is 0 Å². The molecule has 0 spiro atoms. The van der Waals surface area contributed by atoms with Crippen LogP contribution in [0.15, 0.2) is 52.3 Å². The van der Waals surface area contributed by atoms with Crippen LogP contribution in [0.3, 0.4) is 0 Å². The normalized spacial score (nSPS) is 11.1. The fourth-order valence-electron chi connectivity index (χ4n) is 3.39. The Hall–Kier alpha value is -2.21. The van der Waals surface area contributed by atoms with E-state index in [0.717, 1.165) is 42.6 Å². The molecule has 4 aromatic rings. The Labute approximate surface area is 186 Å². The Balaban J connectivity index is 1.87. The van der Waals surface area contributed by atoms with Crippen molar-refractivity contribution in [3.8, 4) is 10.6 Å². The minimum absolute atomic E-state index is 0.179. The monoisotopic (exact) mass is 484 g/mol. The zero-order chi connectivity index (χ0) is 20.7. The van der Waals surface area contributed by atoms with Crippen LogP contribution in [0.5, 0.6) is 0 Å². The van der Waals surface area contributed by atoms with Gasteiger partial charge < -0.3 is 5.32 Å². The zero-order valence-corrected chi connectivity index (χ0v) is 19.3. The van der Waals surface area contributed by atoms with Crippen LogP contribution in [-0.4, -0.2) is 10.9 Å². The molecule has 1 N–H and O–H groups in total. The quantitative estimate of drug-likeness (QED) is 0.325. The van der Waals surface area contributed by atoms with Crippen LogP contribution < -0.4 is 5.32 Å². The third-order valence-corrected chi connectivity index (χ3v) is 6.87. The lowest BCUT2D eigenvalue weighted by Gasteiger charge is -2.14. The van der Waals surface area contributed by atoms with Gasteiger partial charge in [0.25, 0.3) is 5.91 Å². The van der Waals surface area contributed by atoms with Gasteiger partial charge >= 0.3 is 0 Å². The Morgan fingerprint density at radius 2 is 1.90 bits per heavy atom. The molecule has 0 aliphatic rings. The van der Waals surface area contributed by atoms with E-state index in [2.05, 4.69) is 27.3 Å². The molecular formula is C23H18BrClN2OS. The highest BCUT2D eigenvalue weighted by Crippen LogP contribution is 2.32. The van der Waals surface area contributed by atoms with E-state index in [4.69, 9.17) is 16.6 Å². The Morgan fingerprint density at radius 3 is 2.62 bits per heavy atom. The SMILES string of the molecule is Cc1cc(C)c2nc(-c3cccs3)cc(C(=O)Nc3cc(Cl)c(Br)cc3C)c2c1. The number of carbonyl (C=O) groups excluding carboxylic acids is 1. The second-order valence-corrected chi connectivity index (χ2v) is 9.25. The first-order valence-corrected chi connectivity index (χ1v) is 11.1. The van der Waals surface area contributed by atoms with E-state index in [1.165, 1.54) is 0 Å². The minimum atomic E-state index is -0.179. The van der Waals surface area contributed by atoms with Gasteiger partial charge in [0.2, 0.25) is 0 Å². The van der Waals surface area contributed by atoms with Gasteiger partial charge in [0.05, 0.1) is 26.7 Å². The molecule has 146 valence electrons. The van der Waals surface area contributed by atoms with E-state index in [9.17, 15) is 4.79 Å². The van der Waals surface area contributed by atoms with Gasteiger partial charge in [-0.2, -0.15) is 0 Å². The predicted octanol–water partition coefficient (Wildman–Crippen LogP) is 7.56. The summed E-state index contributed by atoms with van der Waals surface area (Å²) in [4.78, 5) is 19.2. The predicted molar refractivity (Wildman–Crippen MR) is 126 cm³/mol. The molecule has 0 saturated heterocycles. The molecule has 3 nitrogen and oxygen atoms in total. The van der Waals surface area contributed by atoms with Crippen LogP contribution >= 0.6 is 38.9 Å². The summed E-state index contributed by atoms with van der Waals surface area (Å²) >= 11 is 11.3. The van der Waals surface area contributed by atoms with Gasteiger partial charge in [-0.1, -0.05) is 29.3 Å². The molecule has 0 aliphatic heterocycles. The Bertz CT molecular complexity index is 1250. The number of pyridine rings is 1. The summed E-state index contributed by atoms with van der Waals surface area (Å²) in [7, 11) is 0. The minimum Gasteiger partial charge on any atom is -0.322 e. The molecule has 0 unspecified atom stereocenters. The first-order valence-electron chi connectivity index (χ1n) is 9.06. The number of benzene rings is 2. The fraction of sp³-hybridized carbons (Fsp3) is 0.130. The molecular weight excluding hydrogens is 468 g/mol. The molecule has 29 heavy (non-hydrogen) atoms. The van der Waals surface area contributed by atoms with E-state index in [-0.39, 0.29) is 5.91 Å². The molecule has 0 aliphatic carbocycles. The number of aryl methyl sites for hydroxylation is 3. The number of carbonyl (C=O) groups is 1. The molecule has 0 radical (unpaired) electrons. The number of fused-ring (bicyclic) bond motifs is 1. The number of hydrogen-bond donors (Lipinski definition) is 1. The van der Waals surface area contributed by atoms with Crippen molar-refractivity contribution in [3.63, 3.8) is 0 Å². The largest absolute Gasteiger partial charge is 0.322 e. The number of halogens is 2. The molecule has 4 rings (SSSR count). The Kier molecular flexibility index (Phi) is 5.47. The molecule has 0 atom stereocenters. The number of rotatable bonds is 3. The molecule has 0 fully saturated rings. The van der Waals surface area contributed by atoms with Gasteiger partial charge in [-0.05, 0) is 83.5 Å². The number of aromatic nitrogens is 1. The van der Waals surface area contributed by atoms with E-state index >= 15 is 0 Å². The molecule has 2 aromatic carbocycles. The van der Waals surface area contributed by atoms with E-state index in [1.54, 1.807) is 17.4 Å². The number of amides is 1. The van der Waals surface area contributed by atoms with Crippen molar-refractivity contribution in [1.82, 2.24) is 4.98 Å². The fourth-order valence-corrected chi connectivity index (χ4v) is 4.70. The van der Waals surface area contributed by atoms with Crippen molar-refractivity contribution in [2.75, 3.05) is 5.32 Å². The van der Waals surface area contributed by atoms with Crippen LogP contribution in [0.4, 0.5) is 5.69 Å². The van der Waals surface area contributed by atoms with Crippen molar-refractivity contribution >= 4 is 61.4 Å². The Morgan fingerprint density at radius 1 is 1.10 bits per heavy atom. The summed E-state index contributed by atoms with van der Waals surface area (Å²) in [5.41, 5.74) is 6.01. The standard InChI is InChI=1S/C23H18BrClN2OS/c1-12-7-14(3)22-15(8-12)16(10-20(26-22)21-5-4-6-29-21)23(28)27-19-11-18(25)17(24)9-13(19)2/h4-11H,1-3H3,(H,27,28).